The van der Waals surface area contributed by atoms with Gasteiger partial charge in [-0.15, -0.1) is 0 Å². The van der Waals surface area contributed by atoms with Crippen LogP contribution < -0.4 is 0 Å². The summed E-state index contributed by atoms with van der Waals surface area (Å²) in [6.45, 7) is 11.2. The van der Waals surface area contributed by atoms with Gasteiger partial charge in [-0.2, -0.15) is 13.2 Å². The summed E-state index contributed by atoms with van der Waals surface area (Å²) in [7, 11) is -3.72. The van der Waals surface area contributed by atoms with E-state index in [0.29, 0.717) is 41.9 Å². The normalized spacial score (nSPS) is 45.4. The molecule has 0 aromatic heterocycles. The van der Waals surface area contributed by atoms with Crippen LogP contribution in [0.25, 0.3) is 0 Å². The van der Waals surface area contributed by atoms with Crippen LogP contribution in [0.2, 0.25) is 0 Å². The third-order valence-electron chi connectivity index (χ3n) is 15.8. The summed E-state index contributed by atoms with van der Waals surface area (Å²) in [5.41, 5.74) is -3.64. The maximum Gasteiger partial charge on any atom is 0.417 e. The molecule has 5 fully saturated rings. The molecule has 266 valence electrons. The Kier molecular flexibility index (Phi) is 9.11. The molecule has 6 rings (SSSR count). The first-order valence-corrected chi connectivity index (χ1v) is 20.2. The molecule has 0 aliphatic heterocycles. The largest absolute Gasteiger partial charge is 0.417 e. The molecule has 1 aromatic carbocycles. The first kappa shape index (κ1) is 35.7. The molecule has 47 heavy (non-hydrogen) atoms. The van der Waals surface area contributed by atoms with Crippen molar-refractivity contribution in [1.29, 1.82) is 0 Å². The van der Waals surface area contributed by atoms with Crippen LogP contribution >= 0.6 is 0 Å². The lowest BCUT2D eigenvalue weighted by Crippen LogP contribution is -2.59. The fourth-order valence-electron chi connectivity index (χ4n) is 12.3. The summed E-state index contributed by atoms with van der Waals surface area (Å²) in [6, 6.07) is 8.79. The molecule has 0 heterocycles. The van der Waals surface area contributed by atoms with Gasteiger partial charge in [0.05, 0.1) is 15.7 Å². The van der Waals surface area contributed by atoms with Crippen molar-refractivity contribution in [3.05, 3.63) is 30.3 Å². The number of fused-ring (bicyclic) bond motifs is 5. The number of hydrogen-bond donors (Lipinski definition) is 2. The first-order chi connectivity index (χ1) is 21.8. The zero-order valence-electron chi connectivity index (χ0n) is 29.3. The third kappa shape index (κ3) is 5.94. The van der Waals surface area contributed by atoms with Crippen LogP contribution in [0.1, 0.15) is 131 Å². The number of rotatable bonds is 7. The number of alkyl halides is 3. The number of hydrogen-bond acceptors (Lipinski definition) is 4. The first-order valence-electron chi connectivity index (χ1n) is 18.6. The van der Waals surface area contributed by atoms with Gasteiger partial charge in [-0.1, -0.05) is 59.2 Å². The fourth-order valence-corrected chi connectivity index (χ4v) is 14.5. The molecule has 0 spiro atoms. The highest BCUT2D eigenvalue weighted by Gasteiger charge is 2.65. The van der Waals surface area contributed by atoms with Gasteiger partial charge in [-0.25, -0.2) is 8.42 Å². The highest BCUT2D eigenvalue weighted by atomic mass is 32.2. The van der Waals surface area contributed by atoms with E-state index in [-0.39, 0.29) is 53.3 Å². The van der Waals surface area contributed by atoms with E-state index in [4.69, 9.17) is 0 Å². The summed E-state index contributed by atoms with van der Waals surface area (Å²) in [5, 5.41) is 21.9. The van der Waals surface area contributed by atoms with Crippen LogP contribution in [0.3, 0.4) is 0 Å². The van der Waals surface area contributed by atoms with Crippen molar-refractivity contribution in [2.24, 2.45) is 51.8 Å². The van der Waals surface area contributed by atoms with Crippen LogP contribution in [-0.2, 0) is 9.84 Å². The van der Waals surface area contributed by atoms with E-state index in [9.17, 15) is 31.8 Å². The van der Waals surface area contributed by atoms with E-state index in [0.717, 1.165) is 57.8 Å². The number of halogens is 3. The second-order valence-electron chi connectivity index (χ2n) is 18.0. The summed E-state index contributed by atoms with van der Waals surface area (Å²) >= 11 is 0. The van der Waals surface area contributed by atoms with Crippen molar-refractivity contribution in [3.63, 3.8) is 0 Å². The van der Waals surface area contributed by atoms with Gasteiger partial charge < -0.3 is 10.2 Å². The lowest BCUT2D eigenvalue weighted by Gasteiger charge is -2.62. The topological polar surface area (TPSA) is 74.6 Å². The monoisotopic (exact) mass is 680 g/mol. The van der Waals surface area contributed by atoms with Crippen molar-refractivity contribution in [1.82, 2.24) is 0 Å². The Morgan fingerprint density at radius 2 is 1.47 bits per heavy atom. The van der Waals surface area contributed by atoms with Crippen LogP contribution in [-0.4, -0.2) is 41.3 Å². The summed E-state index contributed by atoms with van der Waals surface area (Å²) in [6.07, 6.45) is 5.28. The minimum absolute atomic E-state index is 0.0500. The number of benzene rings is 1. The molecule has 10 atom stereocenters. The molecule has 4 nitrogen and oxygen atoms in total. The molecule has 8 heteroatoms. The second kappa shape index (κ2) is 12.0. The minimum atomic E-state index is -4.60. The van der Waals surface area contributed by atoms with Gasteiger partial charge >= 0.3 is 6.18 Å². The second-order valence-corrected chi connectivity index (χ2v) is 20.1. The minimum Gasteiger partial charge on any atom is -0.390 e. The predicted molar refractivity (Wildman–Crippen MR) is 179 cm³/mol. The summed E-state index contributed by atoms with van der Waals surface area (Å²) in [4.78, 5) is 0.334. The number of sulfone groups is 1. The van der Waals surface area contributed by atoms with Gasteiger partial charge in [0, 0.05) is 0 Å². The maximum absolute atomic E-state index is 14.5. The molecule has 5 aliphatic rings. The van der Waals surface area contributed by atoms with Gasteiger partial charge in [0.25, 0.3) is 0 Å². The van der Waals surface area contributed by atoms with E-state index < -0.39 is 32.5 Å². The Hall–Kier alpha value is -1.12. The van der Waals surface area contributed by atoms with Gasteiger partial charge in [-0.05, 0) is 154 Å². The smallest absolute Gasteiger partial charge is 0.390 e. The highest BCUT2D eigenvalue weighted by Crippen LogP contribution is 2.69. The molecule has 0 saturated heterocycles. The molecule has 0 amide bonds. The Labute approximate surface area is 281 Å². The zero-order valence-corrected chi connectivity index (χ0v) is 30.1. The molecule has 2 N–H and O–H groups in total. The van der Waals surface area contributed by atoms with E-state index in [2.05, 4.69) is 34.6 Å². The molecule has 0 bridgehead atoms. The molecular weight excluding hydrogens is 621 g/mol. The molecule has 5 aliphatic carbocycles. The quantitative estimate of drug-likeness (QED) is 0.301. The average Bonchev–Trinajstić information content (AvgIpc) is 3.39. The summed E-state index contributed by atoms with van der Waals surface area (Å²) in [5.74, 6) is 1.10. The third-order valence-corrected chi connectivity index (χ3v) is 18.2. The van der Waals surface area contributed by atoms with Crippen molar-refractivity contribution in [3.8, 4) is 0 Å². The lowest BCUT2D eigenvalue weighted by atomic mass is 9.43. The Bertz CT molecular complexity index is 1390. The lowest BCUT2D eigenvalue weighted by molar-refractivity contribution is -0.290. The van der Waals surface area contributed by atoms with E-state index in [1.165, 1.54) is 0 Å². The van der Waals surface area contributed by atoms with Crippen molar-refractivity contribution in [2.75, 3.05) is 0 Å². The van der Waals surface area contributed by atoms with Crippen LogP contribution in [0, 0.1) is 51.8 Å². The van der Waals surface area contributed by atoms with Crippen molar-refractivity contribution >= 4 is 9.84 Å². The van der Waals surface area contributed by atoms with Crippen molar-refractivity contribution < 1.29 is 31.8 Å². The average molecular weight is 681 g/mol. The number of aliphatic hydroxyl groups is 2. The Morgan fingerprint density at radius 1 is 0.830 bits per heavy atom. The standard InChI is InChI=1S/C39H59F3O4S/c1-6-34(3)18-21-37(43,22-19-34)25-33(47(45,46)28-10-8-7-9-11-28)26(2)30-14-15-31-29-13-12-27-24-38(44,39(40,41)42)23-20-35(27,4)32(29)16-17-36(30,31)5/h7-11,26-27,29-33,43-44H,6,12-25H2,1-5H3/t26-,27-,29-,30?,31-,32-,33?,34?,35-,36+,37?,38-/m0/s1. The van der Waals surface area contributed by atoms with E-state index >= 15 is 0 Å². The molecule has 1 aromatic rings. The van der Waals surface area contributed by atoms with E-state index in [1.54, 1.807) is 24.3 Å². The molecule has 2 unspecified atom stereocenters. The van der Waals surface area contributed by atoms with Gasteiger partial charge in [0.2, 0.25) is 0 Å². The Balaban J connectivity index is 1.26. The maximum atomic E-state index is 14.5. The highest BCUT2D eigenvalue weighted by molar-refractivity contribution is 7.92. The van der Waals surface area contributed by atoms with Gasteiger partial charge in [0.15, 0.2) is 15.4 Å². The van der Waals surface area contributed by atoms with Crippen molar-refractivity contribution in [2.45, 2.75) is 158 Å². The Morgan fingerprint density at radius 3 is 2.09 bits per heavy atom. The summed E-state index contributed by atoms with van der Waals surface area (Å²) < 4.78 is 70.6. The molecular formula is C39H59F3O4S. The zero-order chi connectivity index (χ0) is 34.3. The molecule has 5 saturated carbocycles. The fraction of sp³-hybridized carbons (Fsp3) is 0.846. The predicted octanol–water partition coefficient (Wildman–Crippen LogP) is 9.53. The van der Waals surface area contributed by atoms with Crippen LogP contribution in [0.4, 0.5) is 13.2 Å². The molecule has 0 radical (unpaired) electrons. The van der Waals surface area contributed by atoms with Gasteiger partial charge in [-0.3, -0.25) is 0 Å². The van der Waals surface area contributed by atoms with E-state index in [1.807, 2.05) is 6.07 Å². The SMILES string of the molecule is CCC1(C)CCC(O)(CC([C@@H](C)C2CC[C@H]3[C@@H]4CC[C@H]5C[C@](O)(C(F)(F)F)CC[C@]5(C)[C@H]4CC[C@]23C)S(=O)(=O)c2ccccc2)CC1. The van der Waals surface area contributed by atoms with Gasteiger partial charge in [0.1, 0.15) is 0 Å². The van der Waals surface area contributed by atoms with Crippen LogP contribution in [0.5, 0.6) is 0 Å². The van der Waals surface area contributed by atoms with Crippen LogP contribution in [0.15, 0.2) is 35.2 Å².